The van der Waals surface area contributed by atoms with Crippen molar-refractivity contribution >= 4 is 29.7 Å². The SMILES string of the molecule is Cl.N[C@@H](CCO)c1c([N+](=O)[O-])ccc(Cl)c1O. The lowest BCUT2D eigenvalue weighted by Gasteiger charge is -2.13. The molecule has 0 unspecified atom stereocenters. The number of nitro groups is 1. The number of phenols is 1. The van der Waals surface area contributed by atoms with Gasteiger partial charge in [0, 0.05) is 18.7 Å². The smallest absolute Gasteiger partial charge is 0.277 e. The third-order valence-corrected chi connectivity index (χ3v) is 2.46. The van der Waals surface area contributed by atoms with Crippen LogP contribution >= 0.6 is 24.0 Å². The van der Waals surface area contributed by atoms with Crippen LogP contribution in [0.2, 0.25) is 5.02 Å². The number of hydrogen-bond donors (Lipinski definition) is 3. The summed E-state index contributed by atoms with van der Waals surface area (Å²) in [5, 5.41) is 29.1. The first kappa shape index (κ1) is 15.9. The van der Waals surface area contributed by atoms with Crippen LogP contribution in [0.5, 0.6) is 5.75 Å². The van der Waals surface area contributed by atoms with E-state index in [0.29, 0.717) is 0 Å². The zero-order chi connectivity index (χ0) is 12.3. The van der Waals surface area contributed by atoms with Crippen LogP contribution in [-0.2, 0) is 0 Å². The monoisotopic (exact) mass is 282 g/mol. The Morgan fingerprint density at radius 1 is 1.53 bits per heavy atom. The van der Waals surface area contributed by atoms with Gasteiger partial charge in [-0.1, -0.05) is 11.6 Å². The molecule has 0 aliphatic rings. The van der Waals surface area contributed by atoms with E-state index in [0.717, 1.165) is 0 Å². The van der Waals surface area contributed by atoms with E-state index < -0.39 is 16.7 Å². The molecule has 0 heterocycles. The summed E-state index contributed by atoms with van der Waals surface area (Å²) in [4.78, 5) is 10.1. The minimum absolute atomic E-state index is 0. The molecular weight excluding hydrogens is 271 g/mol. The maximum Gasteiger partial charge on any atom is 0.277 e. The van der Waals surface area contributed by atoms with E-state index in [4.69, 9.17) is 22.4 Å². The second-order valence-corrected chi connectivity index (χ2v) is 3.61. The molecule has 0 saturated heterocycles. The fourth-order valence-corrected chi connectivity index (χ4v) is 1.54. The van der Waals surface area contributed by atoms with E-state index >= 15 is 0 Å². The fraction of sp³-hybridized carbons (Fsp3) is 0.333. The van der Waals surface area contributed by atoms with Crippen molar-refractivity contribution in [2.75, 3.05) is 6.61 Å². The van der Waals surface area contributed by atoms with E-state index in [1.54, 1.807) is 0 Å². The number of aromatic hydroxyl groups is 1. The van der Waals surface area contributed by atoms with Crippen LogP contribution in [0.25, 0.3) is 0 Å². The van der Waals surface area contributed by atoms with E-state index in [1.807, 2.05) is 0 Å². The van der Waals surface area contributed by atoms with E-state index in [-0.39, 0.29) is 41.7 Å². The zero-order valence-corrected chi connectivity index (χ0v) is 10.2. The van der Waals surface area contributed by atoms with Crippen molar-refractivity contribution in [2.45, 2.75) is 12.5 Å². The molecule has 0 fully saturated rings. The number of aliphatic hydroxyl groups excluding tert-OH is 1. The molecule has 0 bridgehead atoms. The van der Waals surface area contributed by atoms with Gasteiger partial charge in [-0.3, -0.25) is 10.1 Å². The summed E-state index contributed by atoms with van der Waals surface area (Å²) < 4.78 is 0. The Morgan fingerprint density at radius 3 is 2.59 bits per heavy atom. The summed E-state index contributed by atoms with van der Waals surface area (Å²) >= 11 is 5.64. The molecule has 0 aromatic heterocycles. The predicted molar refractivity (Wildman–Crippen MR) is 65.7 cm³/mol. The molecule has 1 aromatic carbocycles. The second-order valence-electron chi connectivity index (χ2n) is 3.20. The maximum absolute atomic E-state index is 10.7. The lowest BCUT2D eigenvalue weighted by molar-refractivity contribution is -0.385. The largest absolute Gasteiger partial charge is 0.506 e. The van der Waals surface area contributed by atoms with Crippen LogP contribution in [0.1, 0.15) is 18.0 Å². The third kappa shape index (κ3) is 3.44. The Kier molecular flexibility index (Phi) is 6.19. The van der Waals surface area contributed by atoms with Crippen molar-refractivity contribution < 1.29 is 15.1 Å². The van der Waals surface area contributed by atoms with Crippen molar-refractivity contribution in [3.63, 3.8) is 0 Å². The predicted octanol–water partition coefficient (Wildman–Crippen LogP) is 1.76. The van der Waals surface area contributed by atoms with Gasteiger partial charge in [-0.05, 0) is 12.5 Å². The number of hydrogen-bond acceptors (Lipinski definition) is 5. The Balaban J connectivity index is 0.00000256. The first-order valence-electron chi connectivity index (χ1n) is 4.51. The van der Waals surface area contributed by atoms with Crippen LogP contribution in [0.15, 0.2) is 12.1 Å². The average molecular weight is 283 g/mol. The van der Waals surface area contributed by atoms with E-state index in [9.17, 15) is 15.2 Å². The summed E-state index contributed by atoms with van der Waals surface area (Å²) in [6, 6.07) is 1.57. The fourth-order valence-electron chi connectivity index (χ4n) is 1.38. The van der Waals surface area contributed by atoms with Gasteiger partial charge in [0.2, 0.25) is 0 Å². The third-order valence-electron chi connectivity index (χ3n) is 2.15. The molecule has 0 spiro atoms. The Hall–Kier alpha value is -1.08. The van der Waals surface area contributed by atoms with Crippen molar-refractivity contribution in [1.82, 2.24) is 0 Å². The van der Waals surface area contributed by atoms with Crippen molar-refractivity contribution in [3.8, 4) is 5.75 Å². The van der Waals surface area contributed by atoms with Crippen LogP contribution in [0, 0.1) is 10.1 Å². The van der Waals surface area contributed by atoms with Gasteiger partial charge >= 0.3 is 0 Å². The maximum atomic E-state index is 10.7. The molecule has 8 heteroatoms. The molecule has 1 rings (SSSR count). The van der Waals surface area contributed by atoms with Gasteiger partial charge in [-0.25, -0.2) is 0 Å². The number of nitrogens with zero attached hydrogens (tertiary/aromatic N) is 1. The highest BCUT2D eigenvalue weighted by atomic mass is 35.5. The number of halogens is 2. The molecule has 4 N–H and O–H groups in total. The van der Waals surface area contributed by atoms with Gasteiger partial charge in [0.25, 0.3) is 5.69 Å². The van der Waals surface area contributed by atoms with E-state index in [2.05, 4.69) is 0 Å². The summed E-state index contributed by atoms with van der Waals surface area (Å²) in [5.41, 5.74) is 5.28. The molecule has 0 amide bonds. The lowest BCUT2D eigenvalue weighted by atomic mass is 10.0. The molecule has 17 heavy (non-hydrogen) atoms. The number of aliphatic hydroxyl groups is 1. The van der Waals surface area contributed by atoms with Crippen LogP contribution in [-0.4, -0.2) is 21.7 Å². The average Bonchev–Trinajstić information content (AvgIpc) is 2.21. The topological polar surface area (TPSA) is 110 Å². The Morgan fingerprint density at radius 2 is 2.12 bits per heavy atom. The number of nitrogens with two attached hydrogens (primary N) is 1. The molecular formula is C9H12Cl2N2O4. The lowest BCUT2D eigenvalue weighted by Crippen LogP contribution is -2.14. The highest BCUT2D eigenvalue weighted by Crippen LogP contribution is 2.38. The summed E-state index contributed by atoms with van der Waals surface area (Å²) in [6.07, 6.45) is 0.106. The van der Waals surface area contributed by atoms with Gasteiger partial charge < -0.3 is 15.9 Å². The van der Waals surface area contributed by atoms with Gasteiger partial charge in [-0.2, -0.15) is 0 Å². The molecule has 0 aliphatic carbocycles. The van der Waals surface area contributed by atoms with Gasteiger partial charge in [-0.15, -0.1) is 12.4 Å². The quantitative estimate of drug-likeness (QED) is 0.576. The van der Waals surface area contributed by atoms with Gasteiger partial charge in [0.1, 0.15) is 5.75 Å². The summed E-state index contributed by atoms with van der Waals surface area (Å²) in [5.74, 6) is -0.406. The van der Waals surface area contributed by atoms with Crippen molar-refractivity contribution in [1.29, 1.82) is 0 Å². The zero-order valence-electron chi connectivity index (χ0n) is 8.67. The van der Waals surface area contributed by atoms with Crippen molar-refractivity contribution in [2.24, 2.45) is 5.73 Å². The van der Waals surface area contributed by atoms with Crippen LogP contribution < -0.4 is 5.73 Å². The van der Waals surface area contributed by atoms with Gasteiger partial charge in [0.05, 0.1) is 15.5 Å². The minimum atomic E-state index is -0.830. The molecule has 96 valence electrons. The number of nitro benzene ring substituents is 1. The van der Waals surface area contributed by atoms with Crippen LogP contribution in [0.3, 0.4) is 0 Å². The highest BCUT2D eigenvalue weighted by Gasteiger charge is 2.24. The first-order chi connectivity index (χ1) is 7.49. The minimum Gasteiger partial charge on any atom is -0.506 e. The Bertz CT molecular complexity index is 414. The molecule has 6 nitrogen and oxygen atoms in total. The number of rotatable bonds is 4. The van der Waals surface area contributed by atoms with E-state index in [1.165, 1.54) is 12.1 Å². The number of phenolic OH excluding ortho intramolecular Hbond substituents is 1. The molecule has 1 aromatic rings. The number of benzene rings is 1. The second kappa shape index (κ2) is 6.61. The van der Waals surface area contributed by atoms with Crippen molar-refractivity contribution in [3.05, 3.63) is 32.8 Å². The van der Waals surface area contributed by atoms with Gasteiger partial charge in [0.15, 0.2) is 0 Å². The standard InChI is InChI=1S/C9H11ClN2O4.ClH/c10-5-1-2-7(12(15)16)8(9(5)14)6(11)3-4-13;/h1-2,6,13-14H,3-4,11H2;1H/t6-;/m0./s1. The summed E-state index contributed by atoms with van der Waals surface area (Å²) in [7, 11) is 0. The molecule has 1 atom stereocenters. The summed E-state index contributed by atoms with van der Waals surface area (Å²) in [6.45, 7) is -0.232. The van der Waals surface area contributed by atoms with Crippen LogP contribution in [0.4, 0.5) is 5.69 Å². The highest BCUT2D eigenvalue weighted by molar-refractivity contribution is 6.32. The molecule has 0 aliphatic heterocycles. The molecule has 0 saturated carbocycles. The normalized spacial score (nSPS) is 11.7. The first-order valence-corrected chi connectivity index (χ1v) is 4.89. The Labute approximate surface area is 109 Å². The molecule has 0 radical (unpaired) electrons.